The summed E-state index contributed by atoms with van der Waals surface area (Å²) >= 11 is 0. The highest BCUT2D eigenvalue weighted by Crippen LogP contribution is 2.24. The van der Waals surface area contributed by atoms with Crippen LogP contribution in [0.4, 0.5) is 5.69 Å². The minimum atomic E-state index is -3.66. The van der Waals surface area contributed by atoms with Gasteiger partial charge in [-0.1, -0.05) is 6.07 Å². The molecule has 2 aromatic rings. The van der Waals surface area contributed by atoms with Crippen LogP contribution in [0.2, 0.25) is 0 Å². The molecule has 0 fully saturated rings. The van der Waals surface area contributed by atoms with Crippen LogP contribution < -0.4 is 19.1 Å². The van der Waals surface area contributed by atoms with Gasteiger partial charge in [0.2, 0.25) is 15.9 Å². The highest BCUT2D eigenvalue weighted by Gasteiger charge is 2.30. The van der Waals surface area contributed by atoms with Gasteiger partial charge in [0.1, 0.15) is 24.1 Å². The summed E-state index contributed by atoms with van der Waals surface area (Å²) in [5.41, 5.74) is 2.32. The second-order valence-corrected chi connectivity index (χ2v) is 9.34. The molecule has 0 aliphatic heterocycles. The minimum Gasteiger partial charge on any atom is -0.497 e. The molecular formula is C22H30N2O5S. The van der Waals surface area contributed by atoms with E-state index in [0.29, 0.717) is 11.4 Å². The van der Waals surface area contributed by atoms with E-state index in [4.69, 9.17) is 9.47 Å². The summed E-state index contributed by atoms with van der Waals surface area (Å²) in [7, 11) is -2.07. The Morgan fingerprint density at radius 2 is 1.57 bits per heavy atom. The average Bonchev–Trinajstić information content (AvgIpc) is 2.65. The van der Waals surface area contributed by atoms with Crippen LogP contribution in [0.25, 0.3) is 0 Å². The normalized spacial score (nSPS) is 13.3. The molecule has 8 heteroatoms. The molecular weight excluding hydrogens is 404 g/mol. The van der Waals surface area contributed by atoms with Gasteiger partial charge in [0.25, 0.3) is 0 Å². The second kappa shape index (κ2) is 9.84. The fourth-order valence-corrected chi connectivity index (χ4v) is 4.34. The van der Waals surface area contributed by atoms with Crippen molar-refractivity contribution in [1.82, 2.24) is 5.32 Å². The van der Waals surface area contributed by atoms with Gasteiger partial charge in [0.05, 0.1) is 25.1 Å². The number of rotatable bonds is 9. The third-order valence-corrected chi connectivity index (χ3v) is 5.74. The maximum atomic E-state index is 12.8. The van der Waals surface area contributed by atoms with Gasteiger partial charge in [-0.05, 0) is 75.2 Å². The first-order chi connectivity index (χ1) is 14.0. The zero-order chi connectivity index (χ0) is 22.5. The molecule has 1 N–H and O–H groups in total. The molecule has 2 atom stereocenters. The Bertz CT molecular complexity index is 953. The lowest BCUT2D eigenvalue weighted by Crippen LogP contribution is -2.50. The van der Waals surface area contributed by atoms with E-state index in [9.17, 15) is 13.2 Å². The van der Waals surface area contributed by atoms with Crippen molar-refractivity contribution < 1.29 is 22.7 Å². The molecule has 30 heavy (non-hydrogen) atoms. The van der Waals surface area contributed by atoms with E-state index in [1.807, 2.05) is 19.9 Å². The molecule has 0 aliphatic rings. The molecule has 2 aromatic carbocycles. The number of hydrogen-bond acceptors (Lipinski definition) is 5. The number of hydrogen-bond donors (Lipinski definition) is 1. The number of nitrogens with zero attached hydrogens (tertiary/aromatic N) is 1. The largest absolute Gasteiger partial charge is 0.497 e. The topological polar surface area (TPSA) is 84.9 Å². The number of amides is 1. The molecule has 0 heterocycles. The zero-order valence-electron chi connectivity index (χ0n) is 18.3. The predicted molar refractivity (Wildman–Crippen MR) is 119 cm³/mol. The van der Waals surface area contributed by atoms with E-state index in [2.05, 4.69) is 5.32 Å². The van der Waals surface area contributed by atoms with Crippen molar-refractivity contribution >= 4 is 21.6 Å². The van der Waals surface area contributed by atoms with Crippen molar-refractivity contribution in [2.45, 2.75) is 39.8 Å². The number of sulfonamides is 1. The SMILES string of the molecule is COc1ccc(OCC(C)NC(=O)C(C)N(c2cc(C)cc(C)c2)S(C)(=O)=O)cc1. The number of anilines is 1. The third kappa shape index (κ3) is 6.38. The molecule has 0 bridgehead atoms. The molecule has 7 nitrogen and oxygen atoms in total. The Hall–Kier alpha value is -2.74. The Kier molecular flexibility index (Phi) is 7.72. The van der Waals surface area contributed by atoms with Crippen LogP contribution in [0.3, 0.4) is 0 Å². The number of carbonyl (C=O) groups excluding carboxylic acids is 1. The van der Waals surface area contributed by atoms with Gasteiger partial charge in [-0.25, -0.2) is 8.42 Å². The standard InChI is InChI=1S/C22H30N2O5S/c1-15-11-16(2)13-19(12-15)24(30(6,26)27)18(4)22(25)23-17(3)14-29-21-9-7-20(28-5)8-10-21/h7-13,17-18H,14H2,1-6H3,(H,23,25). The lowest BCUT2D eigenvalue weighted by atomic mass is 10.1. The van der Waals surface area contributed by atoms with Crippen molar-refractivity contribution in [3.63, 3.8) is 0 Å². The highest BCUT2D eigenvalue weighted by molar-refractivity contribution is 7.92. The fourth-order valence-electron chi connectivity index (χ4n) is 3.18. The van der Waals surface area contributed by atoms with Crippen molar-refractivity contribution in [3.8, 4) is 11.5 Å². The molecule has 0 saturated heterocycles. The lowest BCUT2D eigenvalue weighted by Gasteiger charge is -2.29. The summed E-state index contributed by atoms with van der Waals surface area (Å²) in [5, 5.41) is 2.83. The molecule has 0 radical (unpaired) electrons. The van der Waals surface area contributed by atoms with Crippen LogP contribution in [0.15, 0.2) is 42.5 Å². The van der Waals surface area contributed by atoms with E-state index in [1.165, 1.54) is 0 Å². The number of benzene rings is 2. The third-order valence-electron chi connectivity index (χ3n) is 4.50. The molecule has 0 saturated carbocycles. The van der Waals surface area contributed by atoms with Gasteiger partial charge in [-0.3, -0.25) is 9.10 Å². The number of aryl methyl sites for hydroxylation is 2. The molecule has 2 rings (SSSR count). The van der Waals surface area contributed by atoms with Gasteiger partial charge in [-0.2, -0.15) is 0 Å². The molecule has 1 amide bonds. The summed E-state index contributed by atoms with van der Waals surface area (Å²) < 4.78 is 36.9. The van der Waals surface area contributed by atoms with E-state index in [-0.39, 0.29) is 12.6 Å². The second-order valence-electron chi connectivity index (χ2n) is 7.48. The van der Waals surface area contributed by atoms with Crippen LogP contribution in [0, 0.1) is 13.8 Å². The average molecular weight is 435 g/mol. The first kappa shape index (κ1) is 23.5. The van der Waals surface area contributed by atoms with Crippen molar-refractivity contribution in [1.29, 1.82) is 0 Å². The van der Waals surface area contributed by atoms with E-state index >= 15 is 0 Å². The number of nitrogens with one attached hydrogen (secondary N) is 1. The number of methoxy groups -OCH3 is 1. The van der Waals surface area contributed by atoms with Crippen molar-refractivity contribution in [2.24, 2.45) is 0 Å². The Morgan fingerprint density at radius 1 is 1.03 bits per heavy atom. The zero-order valence-corrected chi connectivity index (χ0v) is 19.1. The molecule has 0 aliphatic carbocycles. The van der Waals surface area contributed by atoms with Gasteiger partial charge in [-0.15, -0.1) is 0 Å². The van der Waals surface area contributed by atoms with E-state index in [1.54, 1.807) is 57.4 Å². The number of carbonyl (C=O) groups is 1. The monoisotopic (exact) mass is 434 g/mol. The van der Waals surface area contributed by atoms with Crippen LogP contribution in [-0.2, 0) is 14.8 Å². The summed E-state index contributed by atoms with van der Waals surface area (Å²) in [6, 6.07) is 11.4. The van der Waals surface area contributed by atoms with Crippen LogP contribution in [-0.4, -0.2) is 46.4 Å². The molecule has 0 spiro atoms. The van der Waals surface area contributed by atoms with E-state index < -0.39 is 22.0 Å². The molecule has 0 aromatic heterocycles. The first-order valence-electron chi connectivity index (χ1n) is 9.66. The minimum absolute atomic E-state index is 0.243. The summed E-state index contributed by atoms with van der Waals surface area (Å²) in [5.74, 6) is 0.980. The van der Waals surface area contributed by atoms with Gasteiger partial charge < -0.3 is 14.8 Å². The molecule has 164 valence electrons. The number of ether oxygens (including phenoxy) is 2. The van der Waals surface area contributed by atoms with Crippen LogP contribution in [0.1, 0.15) is 25.0 Å². The van der Waals surface area contributed by atoms with Crippen molar-refractivity contribution in [2.75, 3.05) is 24.3 Å². The summed E-state index contributed by atoms with van der Waals surface area (Å²) in [6.45, 7) is 7.40. The summed E-state index contributed by atoms with van der Waals surface area (Å²) in [6.07, 6.45) is 1.10. The predicted octanol–water partition coefficient (Wildman–Crippen LogP) is 3.05. The first-order valence-corrected chi connectivity index (χ1v) is 11.5. The summed E-state index contributed by atoms with van der Waals surface area (Å²) in [4.78, 5) is 12.8. The maximum absolute atomic E-state index is 12.8. The molecule has 2 unspecified atom stereocenters. The lowest BCUT2D eigenvalue weighted by molar-refractivity contribution is -0.122. The Balaban J connectivity index is 2.06. The highest BCUT2D eigenvalue weighted by atomic mass is 32.2. The Morgan fingerprint density at radius 3 is 2.07 bits per heavy atom. The van der Waals surface area contributed by atoms with E-state index in [0.717, 1.165) is 27.4 Å². The Labute approximate surface area is 179 Å². The van der Waals surface area contributed by atoms with Crippen molar-refractivity contribution in [3.05, 3.63) is 53.6 Å². The quantitative estimate of drug-likeness (QED) is 0.656. The van der Waals surface area contributed by atoms with Gasteiger partial charge in [0, 0.05) is 0 Å². The fraction of sp³-hybridized carbons (Fsp3) is 0.409. The maximum Gasteiger partial charge on any atom is 0.243 e. The van der Waals surface area contributed by atoms with Crippen LogP contribution >= 0.6 is 0 Å². The van der Waals surface area contributed by atoms with Gasteiger partial charge in [0.15, 0.2) is 0 Å². The smallest absolute Gasteiger partial charge is 0.243 e. The van der Waals surface area contributed by atoms with Crippen LogP contribution in [0.5, 0.6) is 11.5 Å². The van der Waals surface area contributed by atoms with Gasteiger partial charge >= 0.3 is 0 Å².